The first kappa shape index (κ1) is 17.9. The first-order valence-electron chi connectivity index (χ1n) is 9.31. The summed E-state index contributed by atoms with van der Waals surface area (Å²) in [7, 11) is 0. The molecule has 0 radical (unpaired) electrons. The predicted molar refractivity (Wildman–Crippen MR) is 109 cm³/mol. The molecule has 3 aromatic rings. The highest BCUT2D eigenvalue weighted by Gasteiger charge is 2.22. The number of nitrogens with one attached hydrogen (secondary N) is 1. The number of benzene rings is 1. The zero-order chi connectivity index (χ0) is 19.3. The number of hydrogen-bond donors (Lipinski definition) is 1. The Morgan fingerprint density at radius 3 is 2.43 bits per heavy atom. The Balaban J connectivity index is 1.34. The fraction of sp³-hybridized carbons (Fsp3) is 0.238. The second-order valence-electron chi connectivity index (χ2n) is 6.79. The Labute approximate surface area is 164 Å². The first-order chi connectivity index (χ1) is 13.7. The van der Waals surface area contributed by atoms with E-state index in [0.717, 1.165) is 41.4 Å². The minimum atomic E-state index is -0.0654. The predicted octanol–water partition coefficient (Wildman–Crippen LogP) is 3.20. The molecule has 1 aliphatic rings. The second kappa shape index (κ2) is 8.04. The Kier molecular flexibility index (Phi) is 5.14. The molecular weight excluding hydrogens is 352 g/mol. The zero-order valence-electron chi connectivity index (χ0n) is 15.7. The van der Waals surface area contributed by atoms with Crippen LogP contribution in [0.2, 0.25) is 0 Å². The summed E-state index contributed by atoms with van der Waals surface area (Å²) in [6.07, 6.45) is 3.48. The molecule has 0 saturated carbocycles. The number of pyridine rings is 1. The summed E-state index contributed by atoms with van der Waals surface area (Å²) in [4.78, 5) is 20.5. The number of piperazine rings is 1. The van der Waals surface area contributed by atoms with Crippen molar-refractivity contribution in [3.8, 4) is 11.3 Å². The van der Waals surface area contributed by atoms with E-state index in [4.69, 9.17) is 0 Å². The number of rotatable bonds is 3. The topological polar surface area (TPSA) is 74.2 Å². The Bertz CT molecular complexity index is 937. The molecule has 2 aromatic heterocycles. The molecule has 1 aromatic carbocycles. The number of hydrogen-bond acceptors (Lipinski definition) is 5. The lowest BCUT2D eigenvalue weighted by Gasteiger charge is -2.35. The summed E-state index contributed by atoms with van der Waals surface area (Å²) in [6, 6.07) is 15.5. The molecule has 0 aliphatic carbocycles. The lowest BCUT2D eigenvalue weighted by molar-refractivity contribution is 0.208. The van der Waals surface area contributed by atoms with Crippen LogP contribution in [0.15, 0.2) is 60.9 Å². The van der Waals surface area contributed by atoms with E-state index in [0.29, 0.717) is 13.1 Å². The van der Waals surface area contributed by atoms with Gasteiger partial charge in [-0.15, -0.1) is 10.2 Å². The van der Waals surface area contributed by atoms with Gasteiger partial charge in [-0.05, 0) is 48.9 Å². The Hall–Kier alpha value is -3.48. The van der Waals surface area contributed by atoms with E-state index in [1.54, 1.807) is 12.4 Å². The molecule has 0 bridgehead atoms. The molecule has 1 N–H and O–H groups in total. The van der Waals surface area contributed by atoms with Crippen LogP contribution < -0.4 is 10.2 Å². The van der Waals surface area contributed by atoms with Crippen LogP contribution in [0, 0.1) is 6.92 Å². The molecule has 3 heterocycles. The lowest BCUT2D eigenvalue weighted by atomic mass is 10.2. The van der Waals surface area contributed by atoms with E-state index in [1.807, 2.05) is 60.4 Å². The van der Waals surface area contributed by atoms with Crippen molar-refractivity contribution in [2.24, 2.45) is 0 Å². The monoisotopic (exact) mass is 374 g/mol. The third-order valence-electron chi connectivity index (χ3n) is 4.79. The molecule has 7 heteroatoms. The fourth-order valence-corrected chi connectivity index (χ4v) is 3.23. The van der Waals surface area contributed by atoms with Crippen LogP contribution in [0.1, 0.15) is 5.56 Å². The van der Waals surface area contributed by atoms with Crippen molar-refractivity contribution in [2.45, 2.75) is 6.92 Å². The van der Waals surface area contributed by atoms with Crippen molar-refractivity contribution < 1.29 is 4.79 Å². The average molecular weight is 374 g/mol. The third kappa shape index (κ3) is 4.09. The van der Waals surface area contributed by atoms with Crippen molar-refractivity contribution in [1.29, 1.82) is 0 Å². The molecule has 0 unspecified atom stereocenters. The van der Waals surface area contributed by atoms with Gasteiger partial charge in [0.1, 0.15) is 0 Å². The average Bonchev–Trinajstić information content (AvgIpc) is 2.75. The third-order valence-corrected chi connectivity index (χ3v) is 4.79. The van der Waals surface area contributed by atoms with Crippen molar-refractivity contribution in [3.05, 3.63) is 66.5 Å². The van der Waals surface area contributed by atoms with Gasteiger partial charge in [-0.1, -0.05) is 12.1 Å². The molecule has 0 spiro atoms. The highest BCUT2D eigenvalue weighted by atomic mass is 16.2. The number of aryl methyl sites for hydroxylation is 1. The highest BCUT2D eigenvalue weighted by molar-refractivity contribution is 5.89. The van der Waals surface area contributed by atoms with E-state index in [-0.39, 0.29) is 6.03 Å². The molecule has 28 heavy (non-hydrogen) atoms. The largest absolute Gasteiger partial charge is 0.352 e. The van der Waals surface area contributed by atoms with Gasteiger partial charge in [0.2, 0.25) is 0 Å². The van der Waals surface area contributed by atoms with Crippen LogP contribution in [0.25, 0.3) is 11.3 Å². The standard InChI is InChI=1S/C21H22N6O/c1-16-3-2-4-18(15-16)23-21(28)27-13-11-26(12-14-27)20-6-5-19(24-25-20)17-7-9-22-10-8-17/h2-10,15H,11-14H2,1H3,(H,23,28). The number of aromatic nitrogens is 3. The number of amides is 2. The van der Waals surface area contributed by atoms with Crippen LogP contribution >= 0.6 is 0 Å². The maximum absolute atomic E-state index is 12.5. The number of nitrogens with zero attached hydrogens (tertiary/aromatic N) is 5. The van der Waals surface area contributed by atoms with Gasteiger partial charge in [-0.25, -0.2) is 4.79 Å². The normalized spacial score (nSPS) is 14.0. The van der Waals surface area contributed by atoms with Crippen molar-refractivity contribution in [1.82, 2.24) is 20.1 Å². The van der Waals surface area contributed by atoms with Gasteiger partial charge in [0, 0.05) is 49.8 Å². The fourth-order valence-electron chi connectivity index (χ4n) is 3.23. The van der Waals surface area contributed by atoms with Gasteiger partial charge < -0.3 is 15.1 Å². The van der Waals surface area contributed by atoms with Gasteiger partial charge in [-0.3, -0.25) is 4.98 Å². The van der Waals surface area contributed by atoms with Crippen LogP contribution in [0.4, 0.5) is 16.3 Å². The molecule has 2 amide bonds. The zero-order valence-corrected chi connectivity index (χ0v) is 15.7. The molecule has 0 atom stereocenters. The second-order valence-corrected chi connectivity index (χ2v) is 6.79. The number of carbonyl (C=O) groups excluding carboxylic acids is 1. The first-order valence-corrected chi connectivity index (χ1v) is 9.31. The summed E-state index contributed by atoms with van der Waals surface area (Å²) in [5.74, 6) is 0.830. The maximum atomic E-state index is 12.5. The molecule has 1 fully saturated rings. The van der Waals surface area contributed by atoms with Gasteiger partial charge in [-0.2, -0.15) is 0 Å². The summed E-state index contributed by atoms with van der Waals surface area (Å²) in [5.41, 5.74) is 3.76. The lowest BCUT2D eigenvalue weighted by Crippen LogP contribution is -2.50. The Morgan fingerprint density at radius 1 is 0.964 bits per heavy atom. The van der Waals surface area contributed by atoms with E-state index < -0.39 is 0 Å². The molecule has 4 rings (SSSR count). The maximum Gasteiger partial charge on any atom is 0.321 e. The number of anilines is 2. The summed E-state index contributed by atoms with van der Waals surface area (Å²) in [5, 5.41) is 11.7. The van der Waals surface area contributed by atoms with Gasteiger partial charge in [0.05, 0.1) is 5.69 Å². The van der Waals surface area contributed by atoms with E-state index in [1.165, 1.54) is 0 Å². The number of urea groups is 1. The minimum absolute atomic E-state index is 0.0654. The highest BCUT2D eigenvalue weighted by Crippen LogP contribution is 2.19. The smallest absolute Gasteiger partial charge is 0.321 e. The SMILES string of the molecule is Cc1cccc(NC(=O)N2CCN(c3ccc(-c4ccncc4)nn3)CC2)c1. The summed E-state index contributed by atoms with van der Waals surface area (Å²) in [6.45, 7) is 4.75. The van der Waals surface area contributed by atoms with Crippen LogP contribution in [0.5, 0.6) is 0 Å². The summed E-state index contributed by atoms with van der Waals surface area (Å²) >= 11 is 0. The van der Waals surface area contributed by atoms with Crippen molar-refractivity contribution in [2.75, 3.05) is 36.4 Å². The number of carbonyl (C=O) groups is 1. The van der Waals surface area contributed by atoms with Gasteiger partial charge >= 0.3 is 6.03 Å². The molecule has 1 saturated heterocycles. The van der Waals surface area contributed by atoms with Gasteiger partial charge in [0.15, 0.2) is 5.82 Å². The van der Waals surface area contributed by atoms with E-state index in [9.17, 15) is 4.79 Å². The minimum Gasteiger partial charge on any atom is -0.352 e. The van der Waals surface area contributed by atoms with Crippen LogP contribution in [-0.4, -0.2) is 52.3 Å². The van der Waals surface area contributed by atoms with E-state index >= 15 is 0 Å². The molecule has 1 aliphatic heterocycles. The quantitative estimate of drug-likeness (QED) is 0.762. The molecule has 142 valence electrons. The van der Waals surface area contributed by atoms with Crippen molar-refractivity contribution >= 4 is 17.5 Å². The van der Waals surface area contributed by atoms with Crippen LogP contribution in [0.3, 0.4) is 0 Å². The summed E-state index contributed by atoms with van der Waals surface area (Å²) < 4.78 is 0. The molecule has 7 nitrogen and oxygen atoms in total. The van der Waals surface area contributed by atoms with Crippen LogP contribution in [-0.2, 0) is 0 Å². The van der Waals surface area contributed by atoms with Crippen molar-refractivity contribution in [3.63, 3.8) is 0 Å². The molecular formula is C21H22N6O. The Morgan fingerprint density at radius 2 is 1.75 bits per heavy atom. The van der Waals surface area contributed by atoms with E-state index in [2.05, 4.69) is 25.4 Å². The van der Waals surface area contributed by atoms with Gasteiger partial charge in [0.25, 0.3) is 0 Å².